The van der Waals surface area contributed by atoms with Crippen molar-refractivity contribution in [1.29, 1.82) is 0 Å². The molecular formula is C7H7BrFN3. The zero-order chi connectivity index (χ0) is 9.14. The molecule has 1 aromatic carbocycles. The lowest BCUT2D eigenvalue weighted by Crippen LogP contribution is -2.15. The van der Waals surface area contributed by atoms with Crippen molar-refractivity contribution in [3.8, 4) is 0 Å². The van der Waals surface area contributed by atoms with E-state index in [0.29, 0.717) is 10.0 Å². The number of amidine groups is 1. The number of benzene rings is 1. The van der Waals surface area contributed by atoms with E-state index in [0.717, 1.165) is 0 Å². The molecule has 3 nitrogen and oxygen atoms in total. The smallest absolute Gasteiger partial charge is 0.150 e. The molecule has 0 amide bonds. The minimum atomic E-state index is -0.344. The van der Waals surface area contributed by atoms with E-state index in [1.807, 2.05) is 0 Å². The first-order valence-electron chi connectivity index (χ1n) is 3.14. The molecule has 0 aliphatic rings. The van der Waals surface area contributed by atoms with Crippen LogP contribution in [-0.2, 0) is 0 Å². The van der Waals surface area contributed by atoms with Crippen molar-refractivity contribution >= 4 is 21.8 Å². The van der Waals surface area contributed by atoms with Crippen LogP contribution < -0.4 is 11.6 Å². The summed E-state index contributed by atoms with van der Waals surface area (Å²) in [5.74, 6) is 4.78. The van der Waals surface area contributed by atoms with Crippen LogP contribution in [0.3, 0.4) is 0 Å². The molecule has 0 bridgehead atoms. The summed E-state index contributed by atoms with van der Waals surface area (Å²) in [5.41, 5.74) is 5.98. The van der Waals surface area contributed by atoms with Crippen LogP contribution in [0.15, 0.2) is 27.8 Å². The molecule has 1 rings (SSSR count). The first kappa shape index (κ1) is 8.99. The maximum atomic E-state index is 12.7. The van der Waals surface area contributed by atoms with Gasteiger partial charge < -0.3 is 11.6 Å². The average molecular weight is 232 g/mol. The van der Waals surface area contributed by atoms with Crippen molar-refractivity contribution in [2.24, 2.45) is 16.7 Å². The molecule has 1 aromatic rings. The highest BCUT2D eigenvalue weighted by atomic mass is 79.9. The normalized spacial score (nSPS) is 11.7. The van der Waals surface area contributed by atoms with Crippen LogP contribution in [0.4, 0.5) is 4.39 Å². The fourth-order valence-electron chi connectivity index (χ4n) is 0.730. The highest BCUT2D eigenvalue weighted by molar-refractivity contribution is 9.10. The van der Waals surface area contributed by atoms with Crippen molar-refractivity contribution in [3.63, 3.8) is 0 Å². The number of hydrazone groups is 1. The fourth-order valence-corrected chi connectivity index (χ4v) is 1.11. The monoisotopic (exact) mass is 231 g/mol. The van der Waals surface area contributed by atoms with Crippen molar-refractivity contribution in [3.05, 3.63) is 34.1 Å². The van der Waals surface area contributed by atoms with Crippen molar-refractivity contribution in [1.82, 2.24) is 0 Å². The summed E-state index contributed by atoms with van der Waals surface area (Å²) < 4.78 is 13.0. The van der Waals surface area contributed by atoms with Gasteiger partial charge in [0, 0.05) is 5.56 Å². The van der Waals surface area contributed by atoms with Gasteiger partial charge in [-0.05, 0) is 34.1 Å². The van der Waals surface area contributed by atoms with Crippen LogP contribution in [0.2, 0.25) is 0 Å². The second-order valence-corrected chi connectivity index (χ2v) is 3.00. The molecule has 0 radical (unpaired) electrons. The Labute approximate surface area is 77.4 Å². The Balaban J connectivity index is 3.13. The molecule has 0 spiro atoms. The van der Waals surface area contributed by atoms with Gasteiger partial charge in [-0.15, -0.1) is 0 Å². The third-order valence-corrected chi connectivity index (χ3v) is 1.96. The lowest BCUT2D eigenvalue weighted by molar-refractivity contribution is 0.621. The molecule has 4 N–H and O–H groups in total. The second kappa shape index (κ2) is 3.53. The minimum Gasteiger partial charge on any atom is -0.382 e. The van der Waals surface area contributed by atoms with Gasteiger partial charge in [0.25, 0.3) is 0 Å². The van der Waals surface area contributed by atoms with Crippen LogP contribution in [0, 0.1) is 5.82 Å². The summed E-state index contributed by atoms with van der Waals surface area (Å²) in [6.45, 7) is 0. The van der Waals surface area contributed by atoms with Gasteiger partial charge in [-0.25, -0.2) is 4.39 Å². The maximum Gasteiger partial charge on any atom is 0.150 e. The van der Waals surface area contributed by atoms with E-state index in [1.165, 1.54) is 18.2 Å². The Morgan fingerprint density at radius 3 is 2.67 bits per heavy atom. The van der Waals surface area contributed by atoms with Crippen LogP contribution >= 0.6 is 15.9 Å². The standard InChI is InChI=1S/C7H7BrFN3/c8-5-3-4(7(10)12-11)1-2-6(5)9/h1-3H,11H2,(H2,10,12). The van der Waals surface area contributed by atoms with Gasteiger partial charge in [-0.1, -0.05) is 0 Å². The Bertz CT molecular complexity index is 324. The van der Waals surface area contributed by atoms with E-state index < -0.39 is 0 Å². The zero-order valence-corrected chi connectivity index (χ0v) is 7.68. The van der Waals surface area contributed by atoms with Crippen LogP contribution in [-0.4, -0.2) is 5.84 Å². The van der Waals surface area contributed by atoms with Crippen LogP contribution in [0.25, 0.3) is 0 Å². The number of rotatable bonds is 1. The van der Waals surface area contributed by atoms with E-state index in [2.05, 4.69) is 21.0 Å². The third-order valence-electron chi connectivity index (χ3n) is 1.35. The Hall–Kier alpha value is -1.10. The summed E-state index contributed by atoms with van der Waals surface area (Å²) in [6.07, 6.45) is 0. The molecule has 0 saturated heterocycles. The van der Waals surface area contributed by atoms with E-state index in [4.69, 9.17) is 11.6 Å². The number of hydrogen-bond acceptors (Lipinski definition) is 2. The quantitative estimate of drug-likeness (QED) is 0.330. The van der Waals surface area contributed by atoms with E-state index >= 15 is 0 Å². The van der Waals surface area contributed by atoms with Crippen molar-refractivity contribution < 1.29 is 4.39 Å². The van der Waals surface area contributed by atoms with Gasteiger partial charge in [0.15, 0.2) is 0 Å². The van der Waals surface area contributed by atoms with Gasteiger partial charge in [0.2, 0.25) is 0 Å². The molecule has 64 valence electrons. The Kier molecular flexibility index (Phi) is 2.65. The van der Waals surface area contributed by atoms with Crippen LogP contribution in [0.1, 0.15) is 5.56 Å². The molecule has 5 heteroatoms. The number of nitrogens with two attached hydrogens (primary N) is 2. The van der Waals surface area contributed by atoms with Gasteiger partial charge in [-0.3, -0.25) is 0 Å². The Morgan fingerprint density at radius 1 is 1.50 bits per heavy atom. The highest BCUT2D eigenvalue weighted by Gasteiger charge is 2.02. The van der Waals surface area contributed by atoms with E-state index in [1.54, 1.807) is 0 Å². The minimum absolute atomic E-state index is 0.177. The van der Waals surface area contributed by atoms with Crippen molar-refractivity contribution in [2.75, 3.05) is 0 Å². The third kappa shape index (κ3) is 1.73. The SMILES string of the molecule is N/N=C(/N)c1ccc(F)c(Br)c1. The van der Waals surface area contributed by atoms with Crippen LogP contribution in [0.5, 0.6) is 0 Å². The molecule has 0 fully saturated rings. The van der Waals surface area contributed by atoms with Crippen molar-refractivity contribution in [2.45, 2.75) is 0 Å². The second-order valence-electron chi connectivity index (χ2n) is 2.14. The fraction of sp³-hybridized carbons (Fsp3) is 0. The molecule has 0 unspecified atom stereocenters. The molecule has 0 heterocycles. The van der Waals surface area contributed by atoms with E-state index in [9.17, 15) is 4.39 Å². The summed E-state index contributed by atoms with van der Waals surface area (Å²) in [4.78, 5) is 0. The predicted octanol–water partition coefficient (Wildman–Crippen LogP) is 1.17. The van der Waals surface area contributed by atoms with Gasteiger partial charge >= 0.3 is 0 Å². The Morgan fingerprint density at radius 2 is 2.17 bits per heavy atom. The average Bonchev–Trinajstić information content (AvgIpc) is 2.08. The van der Waals surface area contributed by atoms with E-state index in [-0.39, 0.29) is 11.7 Å². The lowest BCUT2D eigenvalue weighted by atomic mass is 10.2. The summed E-state index contributed by atoms with van der Waals surface area (Å²) >= 11 is 3.02. The molecule has 12 heavy (non-hydrogen) atoms. The molecular weight excluding hydrogens is 225 g/mol. The summed E-state index contributed by atoms with van der Waals surface area (Å²) in [7, 11) is 0. The number of halogens is 2. The number of nitrogens with zero attached hydrogens (tertiary/aromatic N) is 1. The molecule has 0 saturated carbocycles. The lowest BCUT2D eigenvalue weighted by Gasteiger charge is -1.99. The topological polar surface area (TPSA) is 64.4 Å². The first-order valence-corrected chi connectivity index (χ1v) is 3.93. The van der Waals surface area contributed by atoms with Gasteiger partial charge in [-0.2, -0.15) is 5.10 Å². The summed E-state index contributed by atoms with van der Waals surface area (Å²) in [6, 6.07) is 4.31. The molecule has 0 aromatic heterocycles. The predicted molar refractivity (Wildman–Crippen MR) is 49.0 cm³/mol. The largest absolute Gasteiger partial charge is 0.382 e. The molecule has 0 aliphatic carbocycles. The molecule has 0 aliphatic heterocycles. The molecule has 0 atom stereocenters. The zero-order valence-electron chi connectivity index (χ0n) is 6.09. The maximum absolute atomic E-state index is 12.7. The summed E-state index contributed by atoms with van der Waals surface area (Å²) in [5, 5.41) is 3.28. The highest BCUT2D eigenvalue weighted by Crippen LogP contribution is 2.16. The van der Waals surface area contributed by atoms with Gasteiger partial charge in [0.1, 0.15) is 11.7 Å². The number of hydrogen-bond donors (Lipinski definition) is 2. The first-order chi connectivity index (χ1) is 5.65. The van der Waals surface area contributed by atoms with Gasteiger partial charge in [0.05, 0.1) is 4.47 Å².